The molecule has 6 heteroatoms. The van der Waals surface area contributed by atoms with Crippen LogP contribution in [0.5, 0.6) is 0 Å². The van der Waals surface area contributed by atoms with Crippen LogP contribution in [0.25, 0.3) is 0 Å². The Morgan fingerprint density at radius 3 is 2.43 bits per heavy atom. The van der Waals surface area contributed by atoms with E-state index in [1.165, 1.54) is 0 Å². The first kappa shape index (κ1) is 11.5. The van der Waals surface area contributed by atoms with Gasteiger partial charge in [0.1, 0.15) is 0 Å². The number of nitrogens with two attached hydrogens (primary N) is 1. The van der Waals surface area contributed by atoms with Gasteiger partial charge in [0, 0.05) is 12.0 Å². The topological polar surface area (TPSA) is 96.0 Å². The van der Waals surface area contributed by atoms with Crippen LogP contribution in [0.15, 0.2) is 0 Å². The largest absolute Gasteiger partial charge is 0.387 e. The highest BCUT2D eigenvalue weighted by molar-refractivity contribution is 7.90. The summed E-state index contributed by atoms with van der Waals surface area (Å²) in [6, 6.07) is 0. The summed E-state index contributed by atoms with van der Waals surface area (Å²) in [5, 5.41) is 7.05. The van der Waals surface area contributed by atoms with Gasteiger partial charge in [0.05, 0.1) is 11.1 Å². The first-order valence-corrected chi connectivity index (χ1v) is 6.13. The van der Waals surface area contributed by atoms with Gasteiger partial charge in [0.2, 0.25) is 10.0 Å². The van der Waals surface area contributed by atoms with Gasteiger partial charge in [-0.25, -0.2) is 13.1 Å². The SMILES string of the molecule is CC(C)(CNS(=O)(=O)C1CC1)C(=N)N. The average molecular weight is 219 g/mol. The van der Waals surface area contributed by atoms with Crippen molar-refractivity contribution < 1.29 is 8.42 Å². The molecular weight excluding hydrogens is 202 g/mol. The van der Waals surface area contributed by atoms with Gasteiger partial charge in [-0.05, 0) is 12.8 Å². The molecule has 0 radical (unpaired) electrons. The van der Waals surface area contributed by atoms with Crippen LogP contribution in [0, 0.1) is 10.8 Å². The lowest BCUT2D eigenvalue weighted by Crippen LogP contribution is -2.42. The Morgan fingerprint density at radius 1 is 1.57 bits per heavy atom. The maximum Gasteiger partial charge on any atom is 0.214 e. The standard InChI is InChI=1S/C8H17N3O2S/c1-8(2,7(9)10)5-11-14(12,13)6-3-4-6/h6,11H,3-5H2,1-2H3,(H3,9,10). The molecule has 14 heavy (non-hydrogen) atoms. The van der Waals surface area contributed by atoms with Crippen LogP contribution in [0.2, 0.25) is 0 Å². The smallest absolute Gasteiger partial charge is 0.214 e. The highest BCUT2D eigenvalue weighted by Crippen LogP contribution is 2.27. The number of hydrogen-bond acceptors (Lipinski definition) is 3. The predicted molar refractivity (Wildman–Crippen MR) is 55.6 cm³/mol. The molecule has 4 N–H and O–H groups in total. The fourth-order valence-corrected chi connectivity index (χ4v) is 2.43. The molecule has 1 rings (SSSR count). The average Bonchev–Trinajstić information content (AvgIpc) is 2.83. The van der Waals surface area contributed by atoms with E-state index in [1.54, 1.807) is 13.8 Å². The Balaban J connectivity index is 2.51. The van der Waals surface area contributed by atoms with E-state index >= 15 is 0 Å². The molecule has 0 atom stereocenters. The van der Waals surface area contributed by atoms with Gasteiger partial charge in [-0.1, -0.05) is 13.8 Å². The number of amidine groups is 1. The van der Waals surface area contributed by atoms with Crippen LogP contribution in [0.1, 0.15) is 26.7 Å². The lowest BCUT2D eigenvalue weighted by molar-refractivity contribution is 0.493. The Bertz CT molecular complexity index is 330. The summed E-state index contributed by atoms with van der Waals surface area (Å²) in [4.78, 5) is 0. The van der Waals surface area contributed by atoms with E-state index in [9.17, 15) is 8.42 Å². The van der Waals surface area contributed by atoms with Gasteiger partial charge >= 0.3 is 0 Å². The monoisotopic (exact) mass is 219 g/mol. The molecular formula is C8H17N3O2S. The summed E-state index contributed by atoms with van der Waals surface area (Å²) < 4.78 is 25.4. The van der Waals surface area contributed by atoms with Crippen LogP contribution in [-0.4, -0.2) is 26.0 Å². The number of nitrogens with one attached hydrogen (secondary N) is 2. The molecule has 0 bridgehead atoms. The molecule has 0 unspecified atom stereocenters. The lowest BCUT2D eigenvalue weighted by atomic mass is 9.93. The van der Waals surface area contributed by atoms with E-state index < -0.39 is 15.4 Å². The van der Waals surface area contributed by atoms with E-state index in [0.717, 1.165) is 12.8 Å². The second-order valence-electron chi connectivity index (χ2n) is 4.36. The minimum atomic E-state index is -3.16. The third-order valence-corrected chi connectivity index (χ3v) is 4.30. The zero-order chi connectivity index (χ0) is 11.0. The van der Waals surface area contributed by atoms with Crippen LogP contribution in [0.4, 0.5) is 0 Å². The minimum Gasteiger partial charge on any atom is -0.387 e. The molecule has 0 saturated heterocycles. The third kappa shape index (κ3) is 2.68. The lowest BCUT2D eigenvalue weighted by Gasteiger charge is -2.22. The summed E-state index contributed by atoms with van der Waals surface area (Å²) in [7, 11) is -3.16. The normalized spacial score (nSPS) is 18.1. The van der Waals surface area contributed by atoms with Crippen molar-refractivity contribution in [2.75, 3.05) is 6.54 Å². The summed E-state index contributed by atoms with van der Waals surface area (Å²) in [5.74, 6) is -0.00371. The highest BCUT2D eigenvalue weighted by atomic mass is 32.2. The van der Waals surface area contributed by atoms with Crippen LogP contribution >= 0.6 is 0 Å². The summed E-state index contributed by atoms with van der Waals surface area (Å²) >= 11 is 0. The Kier molecular flexibility index (Phi) is 2.87. The van der Waals surface area contributed by atoms with Gasteiger partial charge in [-0.2, -0.15) is 0 Å². The molecule has 0 heterocycles. The Morgan fingerprint density at radius 2 is 2.07 bits per heavy atom. The zero-order valence-electron chi connectivity index (χ0n) is 8.50. The molecule has 82 valence electrons. The van der Waals surface area contributed by atoms with Gasteiger partial charge in [0.15, 0.2) is 0 Å². The Hall–Kier alpha value is -0.620. The predicted octanol–water partition coefficient (Wildman–Crippen LogP) is 0.0304. The molecule has 0 aromatic heterocycles. The van der Waals surface area contributed by atoms with Crippen molar-refractivity contribution in [2.45, 2.75) is 31.9 Å². The van der Waals surface area contributed by atoms with Crippen molar-refractivity contribution >= 4 is 15.9 Å². The molecule has 5 nitrogen and oxygen atoms in total. The van der Waals surface area contributed by atoms with Crippen LogP contribution in [-0.2, 0) is 10.0 Å². The number of sulfonamides is 1. The van der Waals surface area contributed by atoms with Crippen molar-refractivity contribution in [3.63, 3.8) is 0 Å². The molecule has 0 amide bonds. The quantitative estimate of drug-likeness (QED) is 0.449. The fourth-order valence-electron chi connectivity index (χ4n) is 0.872. The molecule has 1 aliphatic carbocycles. The minimum absolute atomic E-state index is 0.00371. The van der Waals surface area contributed by atoms with Crippen molar-refractivity contribution in [1.29, 1.82) is 5.41 Å². The van der Waals surface area contributed by atoms with Crippen LogP contribution in [0.3, 0.4) is 0 Å². The zero-order valence-corrected chi connectivity index (χ0v) is 9.32. The van der Waals surface area contributed by atoms with E-state index in [4.69, 9.17) is 11.1 Å². The Labute approximate surface area is 84.6 Å². The van der Waals surface area contributed by atoms with Gasteiger partial charge in [-0.3, -0.25) is 5.41 Å². The molecule has 0 aromatic rings. The highest BCUT2D eigenvalue weighted by Gasteiger charge is 2.36. The summed E-state index contributed by atoms with van der Waals surface area (Å²) in [6.45, 7) is 3.68. The first-order chi connectivity index (χ1) is 6.26. The van der Waals surface area contributed by atoms with E-state index in [0.29, 0.717) is 0 Å². The number of rotatable bonds is 5. The van der Waals surface area contributed by atoms with Crippen molar-refractivity contribution in [1.82, 2.24) is 4.72 Å². The van der Waals surface area contributed by atoms with Gasteiger partial charge in [-0.15, -0.1) is 0 Å². The van der Waals surface area contributed by atoms with E-state index in [1.807, 2.05) is 0 Å². The first-order valence-electron chi connectivity index (χ1n) is 4.59. The molecule has 1 fully saturated rings. The molecule has 1 aliphatic rings. The summed E-state index contributed by atoms with van der Waals surface area (Å²) in [6.07, 6.45) is 1.49. The maximum absolute atomic E-state index is 11.4. The summed E-state index contributed by atoms with van der Waals surface area (Å²) in [5.41, 5.74) is 4.73. The van der Waals surface area contributed by atoms with Crippen molar-refractivity contribution in [3.8, 4) is 0 Å². The molecule has 1 saturated carbocycles. The second-order valence-corrected chi connectivity index (χ2v) is 6.41. The van der Waals surface area contributed by atoms with Gasteiger partial charge < -0.3 is 5.73 Å². The van der Waals surface area contributed by atoms with Crippen molar-refractivity contribution in [3.05, 3.63) is 0 Å². The maximum atomic E-state index is 11.4. The third-order valence-electron chi connectivity index (χ3n) is 2.41. The second kappa shape index (κ2) is 3.51. The molecule has 0 aliphatic heterocycles. The van der Waals surface area contributed by atoms with E-state index in [2.05, 4.69) is 4.72 Å². The van der Waals surface area contributed by atoms with Crippen molar-refractivity contribution in [2.24, 2.45) is 11.1 Å². The molecule has 0 spiro atoms. The van der Waals surface area contributed by atoms with Crippen LogP contribution < -0.4 is 10.5 Å². The fraction of sp³-hybridized carbons (Fsp3) is 0.875. The van der Waals surface area contributed by atoms with E-state index in [-0.39, 0.29) is 17.6 Å². The van der Waals surface area contributed by atoms with Gasteiger partial charge in [0.25, 0.3) is 0 Å². The molecule has 0 aromatic carbocycles. The number of hydrogen-bond donors (Lipinski definition) is 3.